The zero-order valence-corrected chi connectivity index (χ0v) is 9.87. The molecule has 10 heavy (non-hydrogen) atoms. The van der Waals surface area contributed by atoms with Crippen LogP contribution in [0.25, 0.3) is 0 Å². The van der Waals surface area contributed by atoms with Crippen LogP contribution in [0.4, 0.5) is 0 Å². The Labute approximate surface area is 84.8 Å². The quantitative estimate of drug-likeness (QED) is 0.427. The van der Waals surface area contributed by atoms with E-state index < -0.39 is 0 Å². The number of hydrogen-bond acceptors (Lipinski definition) is 1. The molecule has 0 rings (SSSR count). The summed E-state index contributed by atoms with van der Waals surface area (Å²) in [5, 5.41) is 0.650. The maximum Gasteiger partial charge on any atom is 0.00141 e. The summed E-state index contributed by atoms with van der Waals surface area (Å²) in [6, 6.07) is 0. The van der Waals surface area contributed by atoms with E-state index in [2.05, 4.69) is 26.5 Å². The molecular weight excluding hydrogens is 224 g/mol. The van der Waals surface area contributed by atoms with Crippen molar-refractivity contribution in [3.63, 3.8) is 0 Å². The smallest absolute Gasteiger partial charge is 0.00141 e. The largest absolute Gasteiger partial charge is 0.176 e. The third-order valence-electron chi connectivity index (χ3n) is 1.61. The van der Waals surface area contributed by atoms with Crippen LogP contribution < -0.4 is 0 Å². The van der Waals surface area contributed by atoms with Gasteiger partial charge in [0, 0.05) is 26.3 Å². The van der Waals surface area contributed by atoms with E-state index >= 15 is 0 Å². The average Bonchev–Trinajstić information content (AvgIpc) is 1.89. The molecule has 0 aliphatic heterocycles. The Balaban J connectivity index is 0. The summed E-state index contributed by atoms with van der Waals surface area (Å²) in [5.41, 5.74) is 0. The summed E-state index contributed by atoms with van der Waals surface area (Å²) in [4.78, 5) is 0. The van der Waals surface area contributed by atoms with Gasteiger partial charge in [0.15, 0.2) is 0 Å². The average molecular weight is 242 g/mol. The minimum Gasteiger partial charge on any atom is -0.176 e. The third-order valence-corrected chi connectivity index (χ3v) is 2.24. The normalized spacial score (nSPS) is 12.3. The number of hydrogen-bond donors (Lipinski definition) is 1. The van der Waals surface area contributed by atoms with Crippen LogP contribution in [-0.4, -0.2) is 5.25 Å². The van der Waals surface area contributed by atoms with E-state index in [1.54, 1.807) is 0 Å². The topological polar surface area (TPSA) is 0 Å². The Morgan fingerprint density at radius 1 is 1.20 bits per heavy atom. The Kier molecular flexibility index (Phi) is 13.7. The molecule has 0 aliphatic rings. The van der Waals surface area contributed by atoms with Crippen LogP contribution in [0.15, 0.2) is 0 Å². The van der Waals surface area contributed by atoms with Crippen LogP contribution in [0.2, 0.25) is 0 Å². The Morgan fingerprint density at radius 2 is 1.80 bits per heavy atom. The molecule has 0 saturated carbocycles. The van der Waals surface area contributed by atoms with Gasteiger partial charge in [-0.25, -0.2) is 0 Å². The molecule has 1 atom stereocenters. The molecule has 0 bridgehead atoms. The van der Waals surface area contributed by atoms with Crippen molar-refractivity contribution in [3.8, 4) is 0 Å². The molecular formula is C8H18MoS. The van der Waals surface area contributed by atoms with Gasteiger partial charge in [0.25, 0.3) is 0 Å². The Hall–Kier alpha value is 1.04. The van der Waals surface area contributed by atoms with Crippen LogP contribution in [0.5, 0.6) is 0 Å². The van der Waals surface area contributed by atoms with Crippen LogP contribution in [0, 0.1) is 0 Å². The van der Waals surface area contributed by atoms with Crippen LogP contribution in [-0.2, 0) is 21.1 Å². The van der Waals surface area contributed by atoms with Gasteiger partial charge in [-0.2, -0.15) is 12.6 Å². The molecule has 0 saturated heterocycles. The second kappa shape index (κ2) is 10.0. The third kappa shape index (κ3) is 9.04. The van der Waals surface area contributed by atoms with Gasteiger partial charge in [-0.1, -0.05) is 33.1 Å². The number of thiol groups is 1. The van der Waals surface area contributed by atoms with Crippen molar-refractivity contribution < 1.29 is 21.1 Å². The fourth-order valence-corrected chi connectivity index (χ4v) is 1.02. The van der Waals surface area contributed by atoms with Crippen molar-refractivity contribution in [2.45, 2.75) is 51.2 Å². The van der Waals surface area contributed by atoms with Crippen molar-refractivity contribution in [1.29, 1.82) is 0 Å². The summed E-state index contributed by atoms with van der Waals surface area (Å²) in [5.74, 6) is 0. The van der Waals surface area contributed by atoms with Gasteiger partial charge in [0.05, 0.1) is 0 Å². The molecule has 0 spiro atoms. The van der Waals surface area contributed by atoms with E-state index in [1.165, 1.54) is 32.1 Å². The molecule has 0 fully saturated rings. The first-order chi connectivity index (χ1) is 4.31. The Bertz CT molecular complexity index is 57.2. The summed E-state index contributed by atoms with van der Waals surface area (Å²) in [6.45, 7) is 4.43. The standard InChI is InChI=1S/C8H18S.Mo/c1-3-5-6-7-8(9)4-2;/h8-9H,3-7H2,1-2H3;. The van der Waals surface area contributed by atoms with Crippen LogP contribution in [0.3, 0.4) is 0 Å². The van der Waals surface area contributed by atoms with Crippen molar-refractivity contribution in [1.82, 2.24) is 0 Å². The Morgan fingerprint density at radius 3 is 2.20 bits per heavy atom. The summed E-state index contributed by atoms with van der Waals surface area (Å²) in [7, 11) is 0. The first-order valence-electron chi connectivity index (χ1n) is 3.99. The maximum atomic E-state index is 4.40. The van der Waals surface area contributed by atoms with Crippen molar-refractivity contribution >= 4 is 12.6 Å². The summed E-state index contributed by atoms with van der Waals surface area (Å²) in [6.07, 6.45) is 6.57. The van der Waals surface area contributed by atoms with Gasteiger partial charge in [-0.3, -0.25) is 0 Å². The molecule has 0 radical (unpaired) electrons. The molecule has 0 aromatic rings. The van der Waals surface area contributed by atoms with Gasteiger partial charge >= 0.3 is 0 Å². The van der Waals surface area contributed by atoms with E-state index in [9.17, 15) is 0 Å². The molecule has 0 aliphatic carbocycles. The molecule has 0 N–H and O–H groups in total. The van der Waals surface area contributed by atoms with Crippen molar-refractivity contribution in [2.75, 3.05) is 0 Å². The maximum absolute atomic E-state index is 4.40. The first-order valence-corrected chi connectivity index (χ1v) is 4.51. The molecule has 2 heteroatoms. The van der Waals surface area contributed by atoms with E-state index in [-0.39, 0.29) is 21.1 Å². The second-order valence-corrected chi connectivity index (χ2v) is 3.29. The minimum absolute atomic E-state index is 0. The van der Waals surface area contributed by atoms with Gasteiger partial charge in [0.2, 0.25) is 0 Å². The second-order valence-electron chi connectivity index (χ2n) is 2.56. The molecule has 0 aromatic carbocycles. The van der Waals surface area contributed by atoms with Crippen molar-refractivity contribution in [2.24, 2.45) is 0 Å². The fourth-order valence-electron chi connectivity index (χ4n) is 0.834. The first kappa shape index (κ1) is 13.6. The monoisotopic (exact) mass is 244 g/mol. The predicted octanol–water partition coefficient (Wildman–Crippen LogP) is 3.27. The molecule has 0 amide bonds. The summed E-state index contributed by atoms with van der Waals surface area (Å²) >= 11 is 4.40. The van der Waals surface area contributed by atoms with Crippen molar-refractivity contribution in [3.05, 3.63) is 0 Å². The molecule has 62 valence electrons. The van der Waals surface area contributed by atoms with Gasteiger partial charge < -0.3 is 0 Å². The van der Waals surface area contributed by atoms with Gasteiger partial charge in [-0.05, 0) is 12.8 Å². The molecule has 1 unspecified atom stereocenters. The van der Waals surface area contributed by atoms with E-state index in [4.69, 9.17) is 0 Å². The van der Waals surface area contributed by atoms with E-state index in [0.29, 0.717) is 5.25 Å². The van der Waals surface area contributed by atoms with Gasteiger partial charge in [0.1, 0.15) is 0 Å². The molecule has 0 nitrogen and oxygen atoms in total. The fraction of sp³-hybridized carbons (Fsp3) is 1.00. The summed E-state index contributed by atoms with van der Waals surface area (Å²) < 4.78 is 0. The number of unbranched alkanes of at least 4 members (excludes halogenated alkanes) is 2. The molecule has 0 aromatic heterocycles. The number of rotatable bonds is 5. The van der Waals surface area contributed by atoms with Crippen LogP contribution >= 0.6 is 12.6 Å². The predicted molar refractivity (Wildman–Crippen MR) is 47.2 cm³/mol. The van der Waals surface area contributed by atoms with Gasteiger partial charge in [-0.15, -0.1) is 0 Å². The molecule has 0 heterocycles. The van der Waals surface area contributed by atoms with Crippen LogP contribution in [0.1, 0.15) is 46.0 Å². The zero-order chi connectivity index (χ0) is 7.11. The minimum atomic E-state index is 0. The van der Waals surface area contributed by atoms with E-state index in [0.717, 1.165) is 0 Å². The zero-order valence-electron chi connectivity index (χ0n) is 6.97. The van der Waals surface area contributed by atoms with E-state index in [1.807, 2.05) is 0 Å². The SMILES string of the molecule is CCCCCC(S)CC.[Mo].